The van der Waals surface area contributed by atoms with E-state index in [0.717, 1.165) is 10.0 Å². The predicted molar refractivity (Wildman–Crippen MR) is 73.2 cm³/mol. The maximum absolute atomic E-state index is 10.7. The van der Waals surface area contributed by atoms with Gasteiger partial charge >= 0.3 is 0 Å². The number of benzene rings is 1. The van der Waals surface area contributed by atoms with Gasteiger partial charge in [-0.25, -0.2) is 13.6 Å². The van der Waals surface area contributed by atoms with E-state index >= 15 is 0 Å². The highest BCUT2D eigenvalue weighted by Crippen LogP contribution is 2.17. The van der Waals surface area contributed by atoms with E-state index in [4.69, 9.17) is 5.14 Å². The lowest BCUT2D eigenvalue weighted by atomic mass is 10.1. The van der Waals surface area contributed by atoms with Crippen LogP contribution in [0.15, 0.2) is 22.7 Å². The Balaban J connectivity index is 2.32. The van der Waals surface area contributed by atoms with Gasteiger partial charge < -0.3 is 5.32 Å². The van der Waals surface area contributed by atoms with E-state index in [1.54, 1.807) is 0 Å². The molecule has 0 saturated heterocycles. The number of primary sulfonamides is 1. The van der Waals surface area contributed by atoms with Crippen LogP contribution in [0.1, 0.15) is 17.5 Å². The Kier molecular flexibility index (Phi) is 5.58. The largest absolute Gasteiger partial charge is 0.313 e. The summed E-state index contributed by atoms with van der Waals surface area (Å²) in [5, 5.41) is 8.09. The van der Waals surface area contributed by atoms with E-state index in [1.165, 1.54) is 5.56 Å². The van der Waals surface area contributed by atoms with Crippen LogP contribution in [0.5, 0.6) is 0 Å². The van der Waals surface area contributed by atoms with E-state index in [9.17, 15) is 8.42 Å². The van der Waals surface area contributed by atoms with Gasteiger partial charge in [0.25, 0.3) is 0 Å². The van der Waals surface area contributed by atoms with Crippen LogP contribution in [0.3, 0.4) is 0 Å². The van der Waals surface area contributed by atoms with Crippen molar-refractivity contribution in [1.29, 1.82) is 0 Å². The van der Waals surface area contributed by atoms with Crippen molar-refractivity contribution >= 4 is 26.0 Å². The summed E-state index contributed by atoms with van der Waals surface area (Å²) in [7, 11) is -3.33. The van der Waals surface area contributed by atoms with Gasteiger partial charge in [0, 0.05) is 11.0 Å². The molecule has 1 aromatic rings. The fourth-order valence-corrected chi connectivity index (χ4v) is 2.60. The third-order valence-corrected chi connectivity index (χ3v) is 3.90. The second kappa shape index (κ2) is 6.49. The molecule has 0 aliphatic carbocycles. The highest BCUT2D eigenvalue weighted by atomic mass is 79.9. The molecule has 0 spiro atoms. The molecule has 1 aromatic carbocycles. The van der Waals surface area contributed by atoms with Crippen LogP contribution in [0.4, 0.5) is 0 Å². The SMILES string of the molecule is Cc1ccc(CNCCCS(N)(=O)=O)c(Br)c1. The lowest BCUT2D eigenvalue weighted by Gasteiger charge is -2.07. The molecule has 0 aliphatic heterocycles. The van der Waals surface area contributed by atoms with E-state index in [0.29, 0.717) is 19.5 Å². The molecule has 0 bridgehead atoms. The molecule has 17 heavy (non-hydrogen) atoms. The van der Waals surface area contributed by atoms with Crippen molar-refractivity contribution < 1.29 is 8.42 Å². The smallest absolute Gasteiger partial charge is 0.209 e. The molecule has 96 valence electrons. The second-order valence-corrected chi connectivity index (χ2v) is 6.58. The molecule has 0 aromatic heterocycles. The molecule has 0 fully saturated rings. The summed E-state index contributed by atoms with van der Waals surface area (Å²) in [6.45, 7) is 3.39. The normalized spacial score (nSPS) is 11.7. The number of hydrogen-bond donors (Lipinski definition) is 2. The van der Waals surface area contributed by atoms with Crippen LogP contribution in [0.2, 0.25) is 0 Å². The van der Waals surface area contributed by atoms with Crippen molar-refractivity contribution in [2.24, 2.45) is 5.14 Å². The summed E-state index contributed by atoms with van der Waals surface area (Å²) in [5.74, 6) is 0.0229. The van der Waals surface area contributed by atoms with E-state index in [-0.39, 0.29) is 5.75 Å². The van der Waals surface area contributed by atoms with Crippen LogP contribution in [-0.2, 0) is 16.6 Å². The van der Waals surface area contributed by atoms with Crippen molar-refractivity contribution in [2.75, 3.05) is 12.3 Å². The highest BCUT2D eigenvalue weighted by molar-refractivity contribution is 9.10. The molecular weight excluding hydrogens is 304 g/mol. The number of nitrogens with one attached hydrogen (secondary N) is 1. The molecule has 0 unspecified atom stereocenters. The first-order valence-corrected chi connectivity index (χ1v) is 7.85. The Bertz CT molecular complexity index is 474. The average molecular weight is 321 g/mol. The first kappa shape index (κ1) is 14.6. The molecule has 0 aliphatic rings. The Labute approximate surface area is 111 Å². The van der Waals surface area contributed by atoms with E-state index < -0.39 is 10.0 Å². The van der Waals surface area contributed by atoms with Crippen molar-refractivity contribution in [3.63, 3.8) is 0 Å². The first-order chi connectivity index (χ1) is 7.88. The van der Waals surface area contributed by atoms with Gasteiger partial charge in [-0.1, -0.05) is 28.1 Å². The van der Waals surface area contributed by atoms with Gasteiger partial charge in [0.2, 0.25) is 10.0 Å². The van der Waals surface area contributed by atoms with Crippen molar-refractivity contribution in [3.8, 4) is 0 Å². The summed E-state index contributed by atoms with van der Waals surface area (Å²) >= 11 is 3.49. The lowest BCUT2D eigenvalue weighted by Crippen LogP contribution is -2.22. The number of aryl methyl sites for hydroxylation is 1. The van der Waals surface area contributed by atoms with Gasteiger partial charge in [-0.2, -0.15) is 0 Å². The van der Waals surface area contributed by atoms with Gasteiger partial charge in [-0.3, -0.25) is 0 Å². The number of nitrogens with two attached hydrogens (primary N) is 1. The Hall–Kier alpha value is -0.430. The Morgan fingerprint density at radius 1 is 1.41 bits per heavy atom. The summed E-state index contributed by atoms with van der Waals surface area (Å²) < 4.78 is 22.5. The van der Waals surface area contributed by atoms with Gasteiger partial charge in [0.05, 0.1) is 5.75 Å². The second-order valence-electron chi connectivity index (χ2n) is 3.99. The fourth-order valence-electron chi connectivity index (χ4n) is 1.42. The van der Waals surface area contributed by atoms with Crippen LogP contribution < -0.4 is 10.5 Å². The predicted octanol–water partition coefficient (Wildman–Crippen LogP) is 1.53. The van der Waals surface area contributed by atoms with Crippen LogP contribution in [0.25, 0.3) is 0 Å². The third-order valence-electron chi connectivity index (χ3n) is 2.31. The molecule has 6 heteroatoms. The topological polar surface area (TPSA) is 72.2 Å². The number of sulfonamides is 1. The molecule has 0 amide bonds. The third kappa shape index (κ3) is 6.16. The van der Waals surface area contributed by atoms with E-state index in [2.05, 4.69) is 27.3 Å². The zero-order chi connectivity index (χ0) is 12.9. The molecular formula is C11H17BrN2O2S. The van der Waals surface area contributed by atoms with E-state index in [1.807, 2.05) is 19.1 Å². The van der Waals surface area contributed by atoms with Crippen LogP contribution in [0, 0.1) is 6.92 Å². The van der Waals surface area contributed by atoms with Crippen molar-refractivity contribution in [3.05, 3.63) is 33.8 Å². The number of halogens is 1. The summed E-state index contributed by atoms with van der Waals surface area (Å²) in [6.07, 6.45) is 0.530. The summed E-state index contributed by atoms with van der Waals surface area (Å²) in [6, 6.07) is 6.15. The minimum atomic E-state index is -3.33. The summed E-state index contributed by atoms with van der Waals surface area (Å²) in [4.78, 5) is 0. The maximum atomic E-state index is 10.7. The van der Waals surface area contributed by atoms with Crippen molar-refractivity contribution in [1.82, 2.24) is 5.32 Å². The minimum Gasteiger partial charge on any atom is -0.313 e. The molecule has 0 heterocycles. The zero-order valence-electron chi connectivity index (χ0n) is 9.74. The molecule has 1 rings (SSSR count). The zero-order valence-corrected chi connectivity index (χ0v) is 12.1. The van der Waals surface area contributed by atoms with Gasteiger partial charge in [-0.15, -0.1) is 0 Å². The highest BCUT2D eigenvalue weighted by Gasteiger charge is 2.02. The summed E-state index contributed by atoms with van der Waals surface area (Å²) in [5.41, 5.74) is 2.36. The Morgan fingerprint density at radius 3 is 2.71 bits per heavy atom. The molecule has 0 radical (unpaired) electrons. The fraction of sp³-hybridized carbons (Fsp3) is 0.455. The average Bonchev–Trinajstić information content (AvgIpc) is 2.18. The first-order valence-electron chi connectivity index (χ1n) is 5.35. The quantitative estimate of drug-likeness (QED) is 0.781. The van der Waals surface area contributed by atoms with Crippen LogP contribution in [-0.4, -0.2) is 20.7 Å². The minimum absolute atomic E-state index is 0.0229. The van der Waals surface area contributed by atoms with Gasteiger partial charge in [0.15, 0.2) is 0 Å². The molecule has 4 nitrogen and oxygen atoms in total. The maximum Gasteiger partial charge on any atom is 0.209 e. The van der Waals surface area contributed by atoms with Crippen LogP contribution >= 0.6 is 15.9 Å². The monoisotopic (exact) mass is 320 g/mol. The lowest BCUT2D eigenvalue weighted by molar-refractivity contribution is 0.590. The standard InChI is InChI=1S/C11H17BrN2O2S/c1-9-3-4-10(11(12)7-9)8-14-5-2-6-17(13,15)16/h3-4,7,14H,2,5-6,8H2,1H3,(H2,13,15,16). The van der Waals surface area contributed by atoms with Gasteiger partial charge in [-0.05, 0) is 37.1 Å². The Morgan fingerprint density at radius 2 is 2.12 bits per heavy atom. The van der Waals surface area contributed by atoms with Crippen molar-refractivity contribution in [2.45, 2.75) is 19.9 Å². The number of hydrogen-bond acceptors (Lipinski definition) is 3. The molecule has 0 atom stereocenters. The van der Waals surface area contributed by atoms with Gasteiger partial charge in [0.1, 0.15) is 0 Å². The molecule has 3 N–H and O–H groups in total. The number of rotatable bonds is 6. The molecule has 0 saturated carbocycles.